The normalized spacial score (nSPS) is 15.1. The Morgan fingerprint density at radius 1 is 1.27 bits per heavy atom. The molecule has 0 saturated carbocycles. The molecular weight excluding hydrogens is 334 g/mol. The Balaban J connectivity index is 1.58. The van der Waals surface area contributed by atoms with E-state index in [1.54, 1.807) is 35.6 Å². The average molecular weight is 357 g/mol. The average Bonchev–Trinajstić information content (AvgIpc) is 2.62. The number of amides is 1. The molecule has 0 spiro atoms. The highest BCUT2D eigenvalue weighted by atomic mass is 16.6. The van der Waals surface area contributed by atoms with Crippen molar-refractivity contribution in [2.45, 2.75) is 38.9 Å². The molecule has 1 amide bonds. The van der Waals surface area contributed by atoms with Crippen LogP contribution in [0.2, 0.25) is 0 Å². The van der Waals surface area contributed by atoms with E-state index >= 15 is 0 Å². The topological polar surface area (TPSA) is 73.7 Å². The predicted octanol–water partition coefficient (Wildman–Crippen LogP) is 2.62. The molecule has 1 aliphatic rings. The second kappa shape index (κ2) is 8.03. The number of carbonyl (C=O) groups is 1. The third-order valence-corrected chi connectivity index (χ3v) is 4.15. The van der Waals surface area contributed by atoms with Crippen molar-refractivity contribution in [2.24, 2.45) is 0 Å². The molecule has 0 N–H and O–H groups in total. The Morgan fingerprint density at radius 2 is 2.04 bits per heavy atom. The highest BCUT2D eigenvalue weighted by molar-refractivity contribution is 5.67. The first-order valence-electron chi connectivity index (χ1n) is 8.78. The summed E-state index contributed by atoms with van der Waals surface area (Å²) in [5, 5.41) is 0. The third-order valence-electron chi connectivity index (χ3n) is 4.15. The number of pyridine rings is 2. The standard InChI is InChI=1S/C19H23N3O4/c1-14(2)25-19(24)21-9-5-16(6-10-21)26-17-7-11-22(18(23)12-17)15-4-3-8-20-13-15/h3-4,7-8,11-14,16H,5-6,9-10H2,1-2H3. The van der Waals surface area contributed by atoms with Crippen LogP contribution in [0.3, 0.4) is 0 Å². The molecular formula is C19H23N3O4. The molecule has 1 saturated heterocycles. The number of likely N-dealkylation sites (tertiary alicyclic amines) is 1. The second-order valence-corrected chi connectivity index (χ2v) is 6.52. The van der Waals surface area contributed by atoms with Crippen molar-refractivity contribution in [2.75, 3.05) is 13.1 Å². The van der Waals surface area contributed by atoms with Gasteiger partial charge in [0, 0.05) is 44.4 Å². The van der Waals surface area contributed by atoms with E-state index < -0.39 is 0 Å². The summed E-state index contributed by atoms with van der Waals surface area (Å²) in [7, 11) is 0. The molecule has 26 heavy (non-hydrogen) atoms. The lowest BCUT2D eigenvalue weighted by Crippen LogP contribution is -2.42. The van der Waals surface area contributed by atoms with E-state index in [0.29, 0.717) is 37.4 Å². The predicted molar refractivity (Wildman–Crippen MR) is 96.7 cm³/mol. The number of carbonyl (C=O) groups excluding carboxylic acids is 1. The second-order valence-electron chi connectivity index (χ2n) is 6.52. The largest absolute Gasteiger partial charge is 0.490 e. The van der Waals surface area contributed by atoms with Gasteiger partial charge in [-0.1, -0.05) is 0 Å². The lowest BCUT2D eigenvalue weighted by Gasteiger charge is -2.32. The fraction of sp³-hybridized carbons (Fsp3) is 0.421. The molecule has 138 valence electrons. The summed E-state index contributed by atoms with van der Waals surface area (Å²) < 4.78 is 12.7. The highest BCUT2D eigenvalue weighted by Crippen LogP contribution is 2.19. The molecule has 2 aromatic heterocycles. The summed E-state index contributed by atoms with van der Waals surface area (Å²) in [4.78, 5) is 29.9. The molecule has 0 radical (unpaired) electrons. The lowest BCUT2D eigenvalue weighted by molar-refractivity contribution is 0.0516. The summed E-state index contributed by atoms with van der Waals surface area (Å²) >= 11 is 0. The van der Waals surface area contributed by atoms with E-state index in [9.17, 15) is 9.59 Å². The van der Waals surface area contributed by atoms with Crippen LogP contribution in [0.5, 0.6) is 5.75 Å². The van der Waals surface area contributed by atoms with Crippen LogP contribution < -0.4 is 10.3 Å². The van der Waals surface area contributed by atoms with Crippen molar-refractivity contribution in [1.82, 2.24) is 14.5 Å². The van der Waals surface area contributed by atoms with Crippen LogP contribution in [0.15, 0.2) is 47.7 Å². The molecule has 1 fully saturated rings. The van der Waals surface area contributed by atoms with E-state index in [4.69, 9.17) is 9.47 Å². The van der Waals surface area contributed by atoms with Gasteiger partial charge in [0.25, 0.3) is 5.56 Å². The van der Waals surface area contributed by atoms with Crippen LogP contribution in [-0.2, 0) is 4.74 Å². The van der Waals surface area contributed by atoms with E-state index in [2.05, 4.69) is 4.98 Å². The van der Waals surface area contributed by atoms with Gasteiger partial charge >= 0.3 is 6.09 Å². The van der Waals surface area contributed by atoms with E-state index in [1.165, 1.54) is 10.6 Å². The van der Waals surface area contributed by atoms with Crippen molar-refractivity contribution < 1.29 is 14.3 Å². The van der Waals surface area contributed by atoms with E-state index in [1.807, 2.05) is 19.9 Å². The fourth-order valence-corrected chi connectivity index (χ4v) is 2.87. The molecule has 0 atom stereocenters. The zero-order chi connectivity index (χ0) is 18.5. The van der Waals surface area contributed by atoms with Gasteiger partial charge in [0.2, 0.25) is 0 Å². The molecule has 0 aliphatic carbocycles. The number of nitrogens with zero attached hydrogens (tertiary/aromatic N) is 3. The first-order valence-corrected chi connectivity index (χ1v) is 8.78. The first kappa shape index (κ1) is 18.0. The van der Waals surface area contributed by atoms with Gasteiger partial charge in [-0.3, -0.25) is 14.3 Å². The summed E-state index contributed by atoms with van der Waals surface area (Å²) in [6.45, 7) is 4.84. The van der Waals surface area contributed by atoms with Crippen molar-refractivity contribution in [3.8, 4) is 11.4 Å². The van der Waals surface area contributed by atoms with Gasteiger partial charge in [-0.25, -0.2) is 4.79 Å². The zero-order valence-electron chi connectivity index (χ0n) is 15.0. The van der Waals surface area contributed by atoms with Gasteiger partial charge in [0.05, 0.1) is 18.0 Å². The van der Waals surface area contributed by atoms with Crippen LogP contribution in [-0.4, -0.2) is 45.8 Å². The maximum absolute atomic E-state index is 12.3. The summed E-state index contributed by atoms with van der Waals surface area (Å²) in [6.07, 6.45) is 5.97. The molecule has 3 heterocycles. The first-order chi connectivity index (χ1) is 12.5. The van der Waals surface area contributed by atoms with Gasteiger partial charge in [0.1, 0.15) is 11.9 Å². The van der Waals surface area contributed by atoms with Crippen molar-refractivity contribution >= 4 is 6.09 Å². The summed E-state index contributed by atoms with van der Waals surface area (Å²) in [5.74, 6) is 0.540. The lowest BCUT2D eigenvalue weighted by atomic mass is 10.1. The Bertz CT molecular complexity index is 796. The van der Waals surface area contributed by atoms with Gasteiger partial charge in [-0.2, -0.15) is 0 Å². The monoisotopic (exact) mass is 357 g/mol. The van der Waals surface area contributed by atoms with Gasteiger partial charge in [-0.15, -0.1) is 0 Å². The summed E-state index contributed by atoms with van der Waals surface area (Å²) in [6, 6.07) is 6.85. The van der Waals surface area contributed by atoms with Crippen molar-refractivity contribution in [3.63, 3.8) is 0 Å². The molecule has 0 unspecified atom stereocenters. The van der Waals surface area contributed by atoms with Crippen LogP contribution in [0.4, 0.5) is 4.79 Å². The van der Waals surface area contributed by atoms with Crippen LogP contribution in [0.1, 0.15) is 26.7 Å². The van der Waals surface area contributed by atoms with E-state index in [0.717, 1.165) is 0 Å². The third kappa shape index (κ3) is 4.41. The van der Waals surface area contributed by atoms with Gasteiger partial charge in [0.15, 0.2) is 0 Å². The van der Waals surface area contributed by atoms with Crippen LogP contribution in [0, 0.1) is 0 Å². The molecule has 1 aliphatic heterocycles. The van der Waals surface area contributed by atoms with Crippen LogP contribution in [0.25, 0.3) is 5.69 Å². The zero-order valence-corrected chi connectivity index (χ0v) is 15.0. The highest BCUT2D eigenvalue weighted by Gasteiger charge is 2.25. The van der Waals surface area contributed by atoms with Crippen molar-refractivity contribution in [1.29, 1.82) is 0 Å². The molecule has 7 nitrogen and oxygen atoms in total. The quantitative estimate of drug-likeness (QED) is 0.841. The Morgan fingerprint density at radius 3 is 2.65 bits per heavy atom. The summed E-state index contributed by atoms with van der Waals surface area (Å²) in [5.41, 5.74) is 0.537. The number of piperidine rings is 1. The Kier molecular flexibility index (Phi) is 5.55. The van der Waals surface area contributed by atoms with Crippen LogP contribution >= 0.6 is 0 Å². The maximum atomic E-state index is 12.3. The SMILES string of the molecule is CC(C)OC(=O)N1CCC(Oc2ccn(-c3cccnc3)c(=O)c2)CC1. The fourth-order valence-electron chi connectivity index (χ4n) is 2.87. The molecule has 2 aromatic rings. The maximum Gasteiger partial charge on any atom is 0.410 e. The van der Waals surface area contributed by atoms with E-state index in [-0.39, 0.29) is 23.9 Å². The molecule has 0 bridgehead atoms. The Labute approximate surface area is 152 Å². The minimum Gasteiger partial charge on any atom is -0.490 e. The molecule has 3 rings (SSSR count). The molecule has 7 heteroatoms. The van der Waals surface area contributed by atoms with Crippen molar-refractivity contribution in [3.05, 3.63) is 53.2 Å². The minimum atomic E-state index is -0.280. The number of ether oxygens (including phenoxy) is 2. The minimum absolute atomic E-state index is 0.0215. The Hall–Kier alpha value is -2.83. The molecule has 0 aromatic carbocycles. The van der Waals surface area contributed by atoms with Gasteiger partial charge in [-0.05, 0) is 32.0 Å². The number of aromatic nitrogens is 2. The number of hydrogen-bond donors (Lipinski definition) is 0. The number of hydrogen-bond acceptors (Lipinski definition) is 5. The number of rotatable bonds is 4. The smallest absolute Gasteiger partial charge is 0.410 e. The van der Waals surface area contributed by atoms with Gasteiger partial charge < -0.3 is 14.4 Å².